The van der Waals surface area contributed by atoms with Gasteiger partial charge in [0.1, 0.15) is 17.3 Å². The van der Waals surface area contributed by atoms with Crippen LogP contribution in [0.1, 0.15) is 10.4 Å². The van der Waals surface area contributed by atoms with Crippen molar-refractivity contribution in [3.63, 3.8) is 0 Å². The number of halogens is 1. The summed E-state index contributed by atoms with van der Waals surface area (Å²) in [5.74, 6) is -0.932. The minimum atomic E-state index is -0.645. The number of nitrogens with zero attached hydrogens (tertiary/aromatic N) is 3. The van der Waals surface area contributed by atoms with Crippen LogP contribution in [0.3, 0.4) is 0 Å². The molecule has 162 valence electrons. The van der Waals surface area contributed by atoms with Crippen molar-refractivity contribution in [1.29, 1.82) is 0 Å². The molecular weight excluding hydrogens is 441 g/mol. The lowest BCUT2D eigenvalue weighted by molar-refractivity contribution is 0.102. The van der Waals surface area contributed by atoms with Gasteiger partial charge in [-0.1, -0.05) is 48.5 Å². The molecule has 2 aromatic carbocycles. The van der Waals surface area contributed by atoms with Crippen LogP contribution in [0.2, 0.25) is 0 Å². The Morgan fingerprint density at radius 1 is 0.970 bits per heavy atom. The van der Waals surface area contributed by atoms with Crippen LogP contribution in [0.15, 0.2) is 89.0 Å². The molecule has 0 atom stereocenters. The minimum absolute atomic E-state index is 0.109. The van der Waals surface area contributed by atoms with E-state index < -0.39 is 11.7 Å². The number of carbonyl (C=O) groups excluding carboxylic acids is 1. The van der Waals surface area contributed by atoms with E-state index in [4.69, 9.17) is 0 Å². The number of nitrogens with one attached hydrogen (secondary N) is 2. The first kappa shape index (κ1) is 20.5. The number of aromatic nitrogens is 4. The van der Waals surface area contributed by atoms with Crippen LogP contribution in [0, 0.1) is 5.82 Å². The van der Waals surface area contributed by atoms with Gasteiger partial charge in [0.25, 0.3) is 11.5 Å². The van der Waals surface area contributed by atoms with Gasteiger partial charge in [-0.05, 0) is 23.6 Å². The second-order valence-electron chi connectivity index (χ2n) is 7.06. The average Bonchev–Trinajstić information content (AvgIpc) is 3.50. The van der Waals surface area contributed by atoms with Crippen molar-refractivity contribution in [1.82, 2.24) is 19.7 Å². The first-order valence-electron chi connectivity index (χ1n) is 9.95. The molecule has 0 spiro atoms. The number of amides is 1. The van der Waals surface area contributed by atoms with Crippen LogP contribution < -0.4 is 10.9 Å². The standard InChI is InChI=1S/C24H16FN5O2S/c25-17-10-5-4-9-16(17)23(32)27-21-13-19(20-11-6-12-33-20)29-30(21)24-26-18(14-22(31)28-24)15-7-2-1-3-8-15/h1-14H,(H,27,32)(H,26,28,31). The minimum Gasteiger partial charge on any atom is -0.306 e. The zero-order valence-corrected chi connectivity index (χ0v) is 17.8. The number of hydrogen-bond acceptors (Lipinski definition) is 5. The van der Waals surface area contributed by atoms with Crippen LogP contribution in [0.4, 0.5) is 10.2 Å². The van der Waals surface area contributed by atoms with Gasteiger partial charge in [0.05, 0.1) is 16.1 Å². The largest absolute Gasteiger partial charge is 0.306 e. The van der Waals surface area contributed by atoms with E-state index in [2.05, 4.69) is 20.4 Å². The van der Waals surface area contributed by atoms with E-state index in [0.29, 0.717) is 11.4 Å². The zero-order chi connectivity index (χ0) is 22.8. The second-order valence-corrected chi connectivity index (χ2v) is 8.01. The summed E-state index contributed by atoms with van der Waals surface area (Å²) in [5.41, 5.74) is 1.30. The molecule has 2 N–H and O–H groups in total. The van der Waals surface area contributed by atoms with E-state index in [9.17, 15) is 14.0 Å². The molecule has 0 aliphatic carbocycles. The summed E-state index contributed by atoms with van der Waals surface area (Å²) in [4.78, 5) is 33.3. The number of carbonyl (C=O) groups is 1. The van der Waals surface area contributed by atoms with Crippen LogP contribution >= 0.6 is 11.3 Å². The van der Waals surface area contributed by atoms with E-state index >= 15 is 0 Å². The Morgan fingerprint density at radius 2 is 1.76 bits per heavy atom. The third-order valence-electron chi connectivity index (χ3n) is 4.84. The molecule has 0 aliphatic rings. The predicted molar refractivity (Wildman–Crippen MR) is 125 cm³/mol. The SMILES string of the molecule is O=C(Nc1cc(-c2cccs2)nn1-c1nc(-c2ccccc2)cc(=O)[nH]1)c1ccccc1F. The van der Waals surface area contributed by atoms with Gasteiger partial charge in [-0.25, -0.2) is 9.37 Å². The van der Waals surface area contributed by atoms with Crippen LogP contribution in [-0.2, 0) is 0 Å². The van der Waals surface area contributed by atoms with Crippen molar-refractivity contribution < 1.29 is 9.18 Å². The molecule has 0 saturated carbocycles. The molecule has 5 rings (SSSR count). The molecule has 3 heterocycles. The molecule has 3 aromatic heterocycles. The first-order valence-corrected chi connectivity index (χ1v) is 10.8. The van der Waals surface area contributed by atoms with Crippen LogP contribution in [0.25, 0.3) is 27.8 Å². The van der Waals surface area contributed by atoms with Gasteiger partial charge >= 0.3 is 0 Å². The van der Waals surface area contributed by atoms with E-state index in [0.717, 1.165) is 10.4 Å². The van der Waals surface area contributed by atoms with Crippen molar-refractivity contribution in [3.05, 3.63) is 106 Å². The fraction of sp³-hybridized carbons (Fsp3) is 0. The summed E-state index contributed by atoms with van der Waals surface area (Å²) < 4.78 is 15.5. The summed E-state index contributed by atoms with van der Waals surface area (Å²) in [6.07, 6.45) is 0. The van der Waals surface area contributed by atoms with Gasteiger partial charge < -0.3 is 5.32 Å². The summed E-state index contributed by atoms with van der Waals surface area (Å²) in [6.45, 7) is 0. The molecular formula is C24H16FN5O2S. The van der Waals surface area contributed by atoms with Gasteiger partial charge in [0.15, 0.2) is 0 Å². The topological polar surface area (TPSA) is 92.7 Å². The zero-order valence-electron chi connectivity index (χ0n) is 17.0. The van der Waals surface area contributed by atoms with Crippen molar-refractivity contribution >= 4 is 23.1 Å². The predicted octanol–water partition coefficient (Wildman–Crippen LogP) is 4.74. The highest BCUT2D eigenvalue weighted by Crippen LogP contribution is 2.28. The summed E-state index contributed by atoms with van der Waals surface area (Å²) in [7, 11) is 0. The van der Waals surface area contributed by atoms with E-state index in [1.54, 1.807) is 12.1 Å². The Labute approximate surface area is 191 Å². The highest BCUT2D eigenvalue weighted by molar-refractivity contribution is 7.13. The lowest BCUT2D eigenvalue weighted by atomic mass is 10.1. The Balaban J connectivity index is 1.61. The third kappa shape index (κ3) is 4.21. The van der Waals surface area contributed by atoms with Gasteiger partial charge in [0, 0.05) is 17.7 Å². The average molecular weight is 457 g/mol. The van der Waals surface area contributed by atoms with Crippen molar-refractivity contribution in [2.75, 3.05) is 5.32 Å². The van der Waals surface area contributed by atoms with Gasteiger partial charge in [-0.2, -0.15) is 9.78 Å². The lowest BCUT2D eigenvalue weighted by Crippen LogP contribution is -2.19. The number of thiophene rings is 1. The maximum atomic E-state index is 14.1. The normalized spacial score (nSPS) is 10.8. The molecule has 7 nitrogen and oxygen atoms in total. The number of H-pyrrole nitrogens is 1. The van der Waals surface area contributed by atoms with E-state index in [1.807, 2.05) is 47.8 Å². The summed E-state index contributed by atoms with van der Waals surface area (Å²) in [5, 5.41) is 9.15. The van der Waals surface area contributed by atoms with Crippen LogP contribution in [0.5, 0.6) is 0 Å². The molecule has 0 radical (unpaired) electrons. The van der Waals surface area contributed by atoms with Gasteiger partial charge in [-0.15, -0.1) is 11.3 Å². The number of benzene rings is 2. The van der Waals surface area contributed by atoms with Crippen molar-refractivity contribution in [2.24, 2.45) is 0 Å². The molecule has 33 heavy (non-hydrogen) atoms. The first-order chi connectivity index (χ1) is 16.1. The Kier molecular flexibility index (Phi) is 5.37. The molecule has 0 unspecified atom stereocenters. The fourth-order valence-corrected chi connectivity index (χ4v) is 3.99. The number of rotatable bonds is 5. The van der Waals surface area contributed by atoms with Crippen molar-refractivity contribution in [2.45, 2.75) is 0 Å². The van der Waals surface area contributed by atoms with Crippen LogP contribution in [-0.4, -0.2) is 25.7 Å². The number of anilines is 1. The van der Waals surface area contributed by atoms with Crippen molar-refractivity contribution in [3.8, 4) is 27.8 Å². The Morgan fingerprint density at radius 3 is 2.52 bits per heavy atom. The van der Waals surface area contributed by atoms with Gasteiger partial charge in [0.2, 0.25) is 5.95 Å². The molecule has 0 saturated heterocycles. The second kappa shape index (κ2) is 8.64. The van der Waals surface area contributed by atoms with E-state index in [1.165, 1.54) is 40.3 Å². The maximum absolute atomic E-state index is 14.1. The molecule has 5 aromatic rings. The molecule has 1 amide bonds. The van der Waals surface area contributed by atoms with E-state index in [-0.39, 0.29) is 22.9 Å². The number of hydrogen-bond donors (Lipinski definition) is 2. The maximum Gasteiger partial charge on any atom is 0.259 e. The lowest BCUT2D eigenvalue weighted by Gasteiger charge is -2.09. The highest BCUT2D eigenvalue weighted by atomic mass is 32.1. The third-order valence-corrected chi connectivity index (χ3v) is 5.73. The summed E-state index contributed by atoms with van der Waals surface area (Å²) >= 11 is 1.47. The number of aromatic amines is 1. The quantitative estimate of drug-likeness (QED) is 0.399. The Bertz CT molecular complexity index is 1490. The smallest absolute Gasteiger partial charge is 0.259 e. The summed E-state index contributed by atoms with van der Waals surface area (Å²) in [6, 6.07) is 21.7. The fourth-order valence-electron chi connectivity index (χ4n) is 3.31. The Hall–Kier alpha value is -4.37. The molecule has 0 aliphatic heterocycles. The van der Waals surface area contributed by atoms with Gasteiger partial charge in [-0.3, -0.25) is 14.6 Å². The molecule has 0 fully saturated rings. The highest BCUT2D eigenvalue weighted by Gasteiger charge is 2.19. The molecule has 0 bridgehead atoms. The monoisotopic (exact) mass is 457 g/mol. The molecule has 9 heteroatoms.